The molecule has 1 aromatic heterocycles. The van der Waals surface area contributed by atoms with E-state index in [9.17, 15) is 4.79 Å². The maximum absolute atomic E-state index is 12.2. The van der Waals surface area contributed by atoms with Crippen LogP contribution in [0.15, 0.2) is 12.4 Å². The largest absolute Gasteiger partial charge is 0.348 e. The predicted octanol–water partition coefficient (Wildman–Crippen LogP) is 1.63. The summed E-state index contributed by atoms with van der Waals surface area (Å²) in [5.74, 6) is 1.83. The van der Waals surface area contributed by atoms with Gasteiger partial charge in [0.25, 0.3) is 0 Å². The zero-order chi connectivity index (χ0) is 13.9. The highest BCUT2D eigenvalue weighted by atomic mass is 16.2. The van der Waals surface area contributed by atoms with Crippen molar-refractivity contribution in [2.75, 3.05) is 20.1 Å². The lowest BCUT2D eigenvalue weighted by molar-refractivity contribution is -0.129. The summed E-state index contributed by atoms with van der Waals surface area (Å²) in [6, 6.07) is 0.530. The van der Waals surface area contributed by atoms with Gasteiger partial charge in [-0.25, -0.2) is 4.98 Å². The Kier molecular flexibility index (Phi) is 4.05. The van der Waals surface area contributed by atoms with Crippen molar-refractivity contribution >= 4 is 5.91 Å². The zero-order valence-corrected chi connectivity index (χ0v) is 12.2. The normalized spacial score (nSPS) is 24.2. The lowest BCUT2D eigenvalue weighted by atomic mass is 10.1. The van der Waals surface area contributed by atoms with Crippen molar-refractivity contribution in [3.8, 4) is 0 Å². The molecule has 1 amide bonds. The summed E-state index contributed by atoms with van der Waals surface area (Å²) in [5.41, 5.74) is 0. The minimum Gasteiger partial charge on any atom is -0.348 e. The van der Waals surface area contributed by atoms with Crippen molar-refractivity contribution < 1.29 is 4.79 Å². The number of carbonyl (C=O) groups is 1. The smallest absolute Gasteiger partial charge is 0.223 e. The molecule has 0 aromatic carbocycles. The van der Waals surface area contributed by atoms with Gasteiger partial charge in [0.15, 0.2) is 0 Å². The van der Waals surface area contributed by atoms with Crippen LogP contribution in [0.25, 0.3) is 0 Å². The molecule has 5 heteroatoms. The van der Waals surface area contributed by atoms with Gasteiger partial charge < -0.3 is 9.88 Å². The van der Waals surface area contributed by atoms with Crippen LogP contribution in [0.3, 0.4) is 0 Å². The van der Waals surface area contributed by atoms with Crippen LogP contribution < -0.4 is 0 Å². The highest BCUT2D eigenvalue weighted by Gasteiger charge is 2.35. The average Bonchev–Trinajstić information content (AvgIpc) is 3.10. The molecule has 20 heavy (non-hydrogen) atoms. The van der Waals surface area contributed by atoms with E-state index in [1.54, 1.807) is 6.20 Å². The Morgan fingerprint density at radius 1 is 1.45 bits per heavy atom. The van der Waals surface area contributed by atoms with E-state index in [4.69, 9.17) is 0 Å². The Morgan fingerprint density at radius 2 is 2.25 bits per heavy atom. The van der Waals surface area contributed by atoms with E-state index in [1.165, 1.54) is 25.7 Å². The van der Waals surface area contributed by atoms with Crippen LogP contribution in [-0.4, -0.2) is 51.9 Å². The molecule has 1 aliphatic heterocycles. The Bertz CT molecular complexity index is 439. The molecule has 0 radical (unpaired) electrons. The van der Waals surface area contributed by atoms with Crippen LogP contribution in [0.2, 0.25) is 0 Å². The van der Waals surface area contributed by atoms with Crippen LogP contribution in [0.4, 0.5) is 0 Å². The van der Waals surface area contributed by atoms with E-state index in [-0.39, 0.29) is 0 Å². The van der Waals surface area contributed by atoms with E-state index in [0.717, 1.165) is 31.9 Å². The van der Waals surface area contributed by atoms with Gasteiger partial charge in [0.05, 0.1) is 6.54 Å². The molecule has 1 aromatic rings. The first-order chi connectivity index (χ1) is 9.72. The van der Waals surface area contributed by atoms with Gasteiger partial charge in [-0.2, -0.15) is 0 Å². The fourth-order valence-electron chi connectivity index (χ4n) is 3.65. The number of amides is 1. The monoisotopic (exact) mass is 276 g/mol. The molecule has 1 saturated heterocycles. The first-order valence-electron chi connectivity index (χ1n) is 7.68. The number of aromatic nitrogens is 2. The molecule has 1 atom stereocenters. The molecular weight excluding hydrogens is 252 g/mol. The average molecular weight is 276 g/mol. The number of rotatable bonds is 5. The van der Waals surface area contributed by atoms with E-state index < -0.39 is 0 Å². The third kappa shape index (κ3) is 3.03. The van der Waals surface area contributed by atoms with Gasteiger partial charge in [-0.15, -0.1) is 0 Å². The van der Waals surface area contributed by atoms with Gasteiger partial charge in [0.1, 0.15) is 5.82 Å². The molecular formula is C15H24N4O. The van der Waals surface area contributed by atoms with Crippen molar-refractivity contribution in [3.63, 3.8) is 0 Å². The number of likely N-dealkylation sites (tertiary alicyclic amines) is 1. The molecule has 1 aliphatic carbocycles. The van der Waals surface area contributed by atoms with Gasteiger partial charge >= 0.3 is 0 Å². The van der Waals surface area contributed by atoms with Gasteiger partial charge in [-0.1, -0.05) is 12.8 Å². The molecule has 0 bridgehead atoms. The number of carbonyl (C=O) groups excluding carboxylic acids is 1. The topological polar surface area (TPSA) is 52.2 Å². The summed E-state index contributed by atoms with van der Waals surface area (Å²) in [6.45, 7) is 2.74. The van der Waals surface area contributed by atoms with Crippen LogP contribution in [-0.2, 0) is 11.3 Å². The van der Waals surface area contributed by atoms with Crippen molar-refractivity contribution in [1.82, 2.24) is 19.8 Å². The maximum atomic E-state index is 12.2. The molecule has 110 valence electrons. The summed E-state index contributed by atoms with van der Waals surface area (Å²) < 4.78 is 0. The fourth-order valence-corrected chi connectivity index (χ4v) is 3.65. The first kappa shape index (κ1) is 13.6. The number of nitrogens with one attached hydrogen (secondary N) is 1. The molecule has 0 spiro atoms. The number of nitrogens with zero attached hydrogens (tertiary/aromatic N) is 3. The second kappa shape index (κ2) is 5.95. The SMILES string of the molecule is CN(Cc1ncc[nH]1)C[C@@H]1CC(=O)N(C2CCCC2)C1. The highest BCUT2D eigenvalue weighted by molar-refractivity contribution is 5.79. The molecule has 5 nitrogen and oxygen atoms in total. The summed E-state index contributed by atoms with van der Waals surface area (Å²) in [7, 11) is 2.10. The summed E-state index contributed by atoms with van der Waals surface area (Å²) in [6.07, 6.45) is 9.35. The third-order valence-corrected chi connectivity index (χ3v) is 4.55. The standard InChI is InChI=1S/C15H24N4O/c1-18(11-14-16-6-7-17-14)9-12-8-15(20)19(10-12)13-4-2-3-5-13/h6-7,12-13H,2-5,8-11H2,1H3,(H,16,17)/t12-/m0/s1. The molecule has 1 saturated carbocycles. The van der Waals surface area contributed by atoms with Crippen LogP contribution in [0, 0.1) is 5.92 Å². The fraction of sp³-hybridized carbons (Fsp3) is 0.733. The van der Waals surface area contributed by atoms with E-state index >= 15 is 0 Å². The van der Waals surface area contributed by atoms with Crippen LogP contribution in [0.1, 0.15) is 37.9 Å². The van der Waals surface area contributed by atoms with Crippen LogP contribution in [0.5, 0.6) is 0 Å². The summed E-state index contributed by atoms with van der Waals surface area (Å²) in [4.78, 5) is 23.9. The van der Waals surface area contributed by atoms with Crippen LogP contribution >= 0.6 is 0 Å². The number of hydrogen-bond donors (Lipinski definition) is 1. The van der Waals surface area contributed by atoms with Crippen molar-refractivity contribution in [2.45, 2.75) is 44.7 Å². The minimum atomic E-state index is 0.369. The second-order valence-corrected chi connectivity index (χ2v) is 6.29. The highest BCUT2D eigenvalue weighted by Crippen LogP contribution is 2.29. The van der Waals surface area contributed by atoms with Crippen molar-refractivity contribution in [3.05, 3.63) is 18.2 Å². The van der Waals surface area contributed by atoms with Gasteiger partial charge in [-0.05, 0) is 25.8 Å². The number of aromatic amines is 1. The molecule has 2 fully saturated rings. The quantitative estimate of drug-likeness (QED) is 0.889. The summed E-state index contributed by atoms with van der Waals surface area (Å²) in [5, 5.41) is 0. The van der Waals surface area contributed by atoms with Crippen molar-refractivity contribution in [1.29, 1.82) is 0 Å². The lowest BCUT2D eigenvalue weighted by Crippen LogP contribution is -2.35. The Morgan fingerprint density at radius 3 is 2.95 bits per heavy atom. The lowest BCUT2D eigenvalue weighted by Gasteiger charge is -2.25. The van der Waals surface area contributed by atoms with Gasteiger partial charge in [0, 0.05) is 37.9 Å². The Labute approximate surface area is 120 Å². The second-order valence-electron chi connectivity index (χ2n) is 6.29. The maximum Gasteiger partial charge on any atom is 0.223 e. The molecule has 2 heterocycles. The third-order valence-electron chi connectivity index (χ3n) is 4.55. The Hall–Kier alpha value is -1.36. The minimum absolute atomic E-state index is 0.369. The number of H-pyrrole nitrogens is 1. The predicted molar refractivity (Wildman–Crippen MR) is 77.0 cm³/mol. The Balaban J connectivity index is 1.50. The van der Waals surface area contributed by atoms with E-state index in [1.807, 2.05) is 6.20 Å². The van der Waals surface area contributed by atoms with Gasteiger partial charge in [0.2, 0.25) is 5.91 Å². The number of hydrogen-bond acceptors (Lipinski definition) is 3. The number of imidazole rings is 1. The molecule has 3 rings (SSSR count). The molecule has 0 unspecified atom stereocenters. The van der Waals surface area contributed by atoms with Crippen molar-refractivity contribution in [2.24, 2.45) is 5.92 Å². The molecule has 2 aliphatic rings. The van der Waals surface area contributed by atoms with Gasteiger partial charge in [-0.3, -0.25) is 9.69 Å². The van der Waals surface area contributed by atoms with E-state index in [2.05, 4.69) is 26.8 Å². The zero-order valence-electron chi connectivity index (χ0n) is 12.2. The first-order valence-corrected chi connectivity index (χ1v) is 7.68. The summed E-state index contributed by atoms with van der Waals surface area (Å²) >= 11 is 0. The molecule has 1 N–H and O–H groups in total. The van der Waals surface area contributed by atoms with E-state index in [0.29, 0.717) is 17.9 Å².